The Bertz CT molecular complexity index is 426. The molecule has 120 valence electrons. The molecule has 0 aliphatic carbocycles. The number of aromatic nitrogens is 2. The van der Waals surface area contributed by atoms with Gasteiger partial charge in [-0.05, 0) is 18.8 Å². The van der Waals surface area contributed by atoms with Crippen molar-refractivity contribution in [3.05, 3.63) is 11.9 Å². The summed E-state index contributed by atoms with van der Waals surface area (Å²) in [5, 5.41) is 3.33. The predicted molar refractivity (Wildman–Crippen MR) is 83.9 cm³/mol. The van der Waals surface area contributed by atoms with Crippen molar-refractivity contribution in [2.24, 2.45) is 11.3 Å². The van der Waals surface area contributed by atoms with Gasteiger partial charge < -0.3 is 20.2 Å². The van der Waals surface area contributed by atoms with Crippen molar-refractivity contribution in [1.29, 1.82) is 0 Å². The van der Waals surface area contributed by atoms with E-state index in [1.54, 1.807) is 13.2 Å². The molecule has 0 spiro atoms. The quantitative estimate of drug-likeness (QED) is 0.447. The van der Waals surface area contributed by atoms with Crippen LogP contribution in [0.2, 0.25) is 0 Å². The molecule has 0 aromatic carbocycles. The third kappa shape index (κ3) is 6.70. The standard InChI is InChI=1S/C14H27N5O2/c1-5-21-9-13-17-11(8-12(18-13)19-15)16-10-14(2,3)6-7-20-4/h8H,5-7,9-10,15H2,1-4H3,(H2,16,17,18,19). The van der Waals surface area contributed by atoms with Gasteiger partial charge in [0, 0.05) is 32.9 Å². The molecule has 1 aromatic heterocycles. The maximum absolute atomic E-state index is 5.44. The highest BCUT2D eigenvalue weighted by Gasteiger charge is 2.17. The molecule has 1 heterocycles. The van der Waals surface area contributed by atoms with Crippen LogP contribution in [0.1, 0.15) is 33.0 Å². The number of hydrazine groups is 1. The Balaban J connectivity index is 2.68. The van der Waals surface area contributed by atoms with Gasteiger partial charge >= 0.3 is 0 Å². The van der Waals surface area contributed by atoms with Crippen LogP contribution in [0.4, 0.5) is 11.6 Å². The van der Waals surface area contributed by atoms with Gasteiger partial charge in [-0.2, -0.15) is 0 Å². The van der Waals surface area contributed by atoms with E-state index in [0.717, 1.165) is 25.4 Å². The Kier molecular flexibility index (Phi) is 7.35. The van der Waals surface area contributed by atoms with Crippen LogP contribution in [0.15, 0.2) is 6.07 Å². The Labute approximate surface area is 126 Å². The molecule has 21 heavy (non-hydrogen) atoms. The van der Waals surface area contributed by atoms with E-state index in [1.807, 2.05) is 6.92 Å². The normalized spacial score (nSPS) is 11.5. The van der Waals surface area contributed by atoms with Gasteiger partial charge in [-0.25, -0.2) is 15.8 Å². The van der Waals surface area contributed by atoms with E-state index in [9.17, 15) is 0 Å². The Morgan fingerprint density at radius 2 is 2.00 bits per heavy atom. The van der Waals surface area contributed by atoms with Crippen LogP contribution in [0, 0.1) is 5.41 Å². The molecule has 0 aliphatic rings. The first-order valence-corrected chi connectivity index (χ1v) is 7.16. The first-order chi connectivity index (χ1) is 10.0. The van der Waals surface area contributed by atoms with Crippen molar-refractivity contribution >= 4 is 11.6 Å². The first kappa shape index (κ1) is 17.6. The summed E-state index contributed by atoms with van der Waals surface area (Å²) < 4.78 is 10.5. The molecule has 0 unspecified atom stereocenters. The van der Waals surface area contributed by atoms with Gasteiger partial charge in [0.2, 0.25) is 0 Å². The number of nitrogens with one attached hydrogen (secondary N) is 2. The van der Waals surface area contributed by atoms with E-state index >= 15 is 0 Å². The summed E-state index contributed by atoms with van der Waals surface area (Å²) >= 11 is 0. The zero-order valence-corrected chi connectivity index (χ0v) is 13.4. The fourth-order valence-electron chi connectivity index (χ4n) is 1.72. The topological polar surface area (TPSA) is 94.3 Å². The zero-order valence-electron chi connectivity index (χ0n) is 13.4. The number of rotatable bonds is 10. The number of methoxy groups -OCH3 is 1. The van der Waals surface area contributed by atoms with Gasteiger partial charge in [0.1, 0.15) is 18.2 Å². The maximum Gasteiger partial charge on any atom is 0.158 e. The van der Waals surface area contributed by atoms with Gasteiger partial charge in [-0.1, -0.05) is 13.8 Å². The second kappa shape index (κ2) is 8.76. The van der Waals surface area contributed by atoms with Gasteiger partial charge in [0.15, 0.2) is 5.82 Å². The van der Waals surface area contributed by atoms with Crippen molar-refractivity contribution in [2.45, 2.75) is 33.8 Å². The summed E-state index contributed by atoms with van der Waals surface area (Å²) in [5.74, 6) is 7.34. The molecule has 0 saturated heterocycles. The molecule has 0 saturated carbocycles. The average Bonchev–Trinajstić information content (AvgIpc) is 2.49. The summed E-state index contributed by atoms with van der Waals surface area (Å²) in [4.78, 5) is 8.68. The molecular weight excluding hydrogens is 270 g/mol. The smallest absolute Gasteiger partial charge is 0.158 e. The van der Waals surface area contributed by atoms with Crippen LogP contribution in [0.25, 0.3) is 0 Å². The van der Waals surface area contributed by atoms with E-state index in [2.05, 4.69) is 34.6 Å². The van der Waals surface area contributed by atoms with E-state index in [-0.39, 0.29) is 5.41 Å². The molecule has 0 atom stereocenters. The maximum atomic E-state index is 5.44. The summed E-state index contributed by atoms with van der Waals surface area (Å²) in [6, 6.07) is 1.78. The number of hydrogen-bond donors (Lipinski definition) is 3. The second-order valence-electron chi connectivity index (χ2n) is 5.60. The first-order valence-electron chi connectivity index (χ1n) is 7.16. The zero-order chi connectivity index (χ0) is 15.7. The minimum atomic E-state index is 0.108. The lowest BCUT2D eigenvalue weighted by atomic mass is 9.90. The van der Waals surface area contributed by atoms with Crippen molar-refractivity contribution in [2.75, 3.05) is 37.6 Å². The molecule has 4 N–H and O–H groups in total. The van der Waals surface area contributed by atoms with E-state index in [4.69, 9.17) is 15.3 Å². The predicted octanol–water partition coefficient (Wildman–Crippen LogP) is 1.77. The van der Waals surface area contributed by atoms with E-state index < -0.39 is 0 Å². The van der Waals surface area contributed by atoms with Crippen molar-refractivity contribution in [1.82, 2.24) is 9.97 Å². The Morgan fingerprint density at radius 1 is 1.29 bits per heavy atom. The molecule has 7 heteroatoms. The summed E-state index contributed by atoms with van der Waals surface area (Å²) in [6.07, 6.45) is 0.968. The number of anilines is 2. The molecule has 0 aliphatic heterocycles. The highest BCUT2D eigenvalue weighted by atomic mass is 16.5. The second-order valence-corrected chi connectivity index (χ2v) is 5.60. The number of nitrogens with two attached hydrogens (primary N) is 1. The molecule has 0 amide bonds. The summed E-state index contributed by atoms with van der Waals surface area (Å²) in [5.41, 5.74) is 2.66. The van der Waals surface area contributed by atoms with Crippen LogP contribution in [-0.4, -0.2) is 36.8 Å². The summed E-state index contributed by atoms with van der Waals surface area (Å²) in [7, 11) is 1.72. The number of nitrogens with zero attached hydrogens (tertiary/aromatic N) is 2. The van der Waals surface area contributed by atoms with Crippen LogP contribution >= 0.6 is 0 Å². The van der Waals surface area contributed by atoms with Crippen molar-refractivity contribution in [3.8, 4) is 0 Å². The highest BCUT2D eigenvalue weighted by Crippen LogP contribution is 2.21. The molecule has 0 bridgehead atoms. The van der Waals surface area contributed by atoms with Gasteiger partial charge in [0.05, 0.1) is 0 Å². The lowest BCUT2D eigenvalue weighted by Gasteiger charge is -2.25. The van der Waals surface area contributed by atoms with E-state index in [0.29, 0.717) is 24.9 Å². The summed E-state index contributed by atoms with van der Waals surface area (Å²) in [6.45, 7) is 8.81. The molecular formula is C14H27N5O2. The molecule has 1 rings (SSSR count). The SMILES string of the molecule is CCOCc1nc(NN)cc(NCC(C)(C)CCOC)n1. The number of hydrogen-bond acceptors (Lipinski definition) is 7. The van der Waals surface area contributed by atoms with Crippen LogP contribution < -0.4 is 16.6 Å². The average molecular weight is 297 g/mol. The van der Waals surface area contributed by atoms with Gasteiger partial charge in [-0.3, -0.25) is 0 Å². The van der Waals surface area contributed by atoms with Crippen LogP contribution in [0.3, 0.4) is 0 Å². The fourth-order valence-corrected chi connectivity index (χ4v) is 1.72. The van der Waals surface area contributed by atoms with Gasteiger partial charge in [0.25, 0.3) is 0 Å². The largest absolute Gasteiger partial charge is 0.385 e. The lowest BCUT2D eigenvalue weighted by Crippen LogP contribution is -2.25. The van der Waals surface area contributed by atoms with Gasteiger partial charge in [-0.15, -0.1) is 0 Å². The molecule has 1 aromatic rings. The third-order valence-corrected chi connectivity index (χ3v) is 3.09. The third-order valence-electron chi connectivity index (χ3n) is 3.09. The molecule has 0 radical (unpaired) electrons. The monoisotopic (exact) mass is 297 g/mol. The van der Waals surface area contributed by atoms with Crippen molar-refractivity contribution in [3.63, 3.8) is 0 Å². The number of nitrogen functional groups attached to an aromatic ring is 1. The Hall–Kier alpha value is -1.44. The van der Waals surface area contributed by atoms with Crippen LogP contribution in [0.5, 0.6) is 0 Å². The fraction of sp³-hybridized carbons (Fsp3) is 0.714. The number of ether oxygens (including phenoxy) is 2. The molecule has 7 nitrogen and oxygen atoms in total. The lowest BCUT2D eigenvalue weighted by molar-refractivity contribution is 0.128. The minimum absolute atomic E-state index is 0.108. The van der Waals surface area contributed by atoms with E-state index in [1.165, 1.54) is 0 Å². The minimum Gasteiger partial charge on any atom is -0.385 e. The highest BCUT2D eigenvalue weighted by molar-refractivity contribution is 5.46. The molecule has 0 fully saturated rings. The Morgan fingerprint density at radius 3 is 2.62 bits per heavy atom. The van der Waals surface area contributed by atoms with Crippen LogP contribution in [-0.2, 0) is 16.1 Å². The van der Waals surface area contributed by atoms with Crippen molar-refractivity contribution < 1.29 is 9.47 Å².